The second kappa shape index (κ2) is 7.24. The summed E-state index contributed by atoms with van der Waals surface area (Å²) >= 11 is 0. The highest BCUT2D eigenvalue weighted by Gasteiger charge is 2.72. The number of aliphatic carboxylic acids is 1. The van der Waals surface area contributed by atoms with E-state index < -0.39 is 17.5 Å². The van der Waals surface area contributed by atoms with Gasteiger partial charge in [0.25, 0.3) is 0 Å². The van der Waals surface area contributed by atoms with Crippen LogP contribution in [0.15, 0.2) is 0 Å². The molecule has 3 N–H and O–H groups in total. The fourth-order valence-corrected chi connectivity index (χ4v) is 11.4. The molecule has 5 saturated carbocycles. The molecular formula is C30H50O4. The zero-order valence-electron chi connectivity index (χ0n) is 22.8. The molecule has 0 aromatic carbocycles. The van der Waals surface area contributed by atoms with E-state index in [4.69, 9.17) is 0 Å². The van der Waals surface area contributed by atoms with E-state index in [0.29, 0.717) is 24.7 Å². The Balaban J connectivity index is 1.57. The molecule has 0 aromatic heterocycles. The van der Waals surface area contributed by atoms with Crippen molar-refractivity contribution in [2.24, 2.45) is 56.2 Å². The van der Waals surface area contributed by atoms with Crippen molar-refractivity contribution in [3.8, 4) is 0 Å². The van der Waals surface area contributed by atoms with Gasteiger partial charge >= 0.3 is 5.97 Å². The summed E-state index contributed by atoms with van der Waals surface area (Å²) in [6.45, 7) is 16.4. The summed E-state index contributed by atoms with van der Waals surface area (Å²) < 4.78 is 0. The van der Waals surface area contributed by atoms with Crippen LogP contribution >= 0.6 is 0 Å². The Labute approximate surface area is 207 Å². The molecule has 0 aliphatic heterocycles. The number of carboxylic acids is 1. The molecular weight excluding hydrogens is 424 g/mol. The topological polar surface area (TPSA) is 77.8 Å². The van der Waals surface area contributed by atoms with Crippen molar-refractivity contribution in [1.82, 2.24) is 0 Å². The van der Waals surface area contributed by atoms with E-state index in [9.17, 15) is 20.1 Å². The number of aliphatic hydroxyl groups is 2. The molecule has 5 rings (SSSR count). The minimum Gasteiger partial charge on any atom is -0.481 e. The minimum absolute atomic E-state index is 0.0438. The van der Waals surface area contributed by atoms with Gasteiger partial charge in [-0.2, -0.15) is 0 Å². The Hall–Kier alpha value is -0.610. The first kappa shape index (κ1) is 25.1. The van der Waals surface area contributed by atoms with Crippen LogP contribution in [-0.2, 0) is 4.79 Å². The van der Waals surface area contributed by atoms with Gasteiger partial charge in [0, 0.05) is 5.92 Å². The number of carbonyl (C=O) groups is 1. The summed E-state index contributed by atoms with van der Waals surface area (Å²) in [5.41, 5.74) is -0.642. The molecule has 0 bridgehead atoms. The second-order valence-electron chi connectivity index (χ2n) is 15.5. The fraction of sp³-hybridized carbons (Fsp3) is 0.967. The van der Waals surface area contributed by atoms with Gasteiger partial charge in [0.05, 0.1) is 17.6 Å². The molecule has 0 radical (unpaired) electrons. The number of aliphatic hydroxyl groups excluding tert-OH is 2. The van der Waals surface area contributed by atoms with E-state index in [1.54, 1.807) is 0 Å². The third-order valence-corrected chi connectivity index (χ3v) is 13.9. The minimum atomic E-state index is -0.764. The molecule has 10 atom stereocenters. The van der Waals surface area contributed by atoms with Gasteiger partial charge in [-0.05, 0) is 109 Å². The van der Waals surface area contributed by atoms with E-state index in [1.807, 2.05) is 0 Å². The van der Waals surface area contributed by atoms with Crippen molar-refractivity contribution in [1.29, 1.82) is 0 Å². The Morgan fingerprint density at radius 2 is 1.35 bits per heavy atom. The van der Waals surface area contributed by atoms with Crippen molar-refractivity contribution in [3.63, 3.8) is 0 Å². The van der Waals surface area contributed by atoms with Gasteiger partial charge < -0.3 is 15.3 Å². The predicted octanol–water partition coefficient (Wildman–Crippen LogP) is 6.28. The van der Waals surface area contributed by atoms with Crippen LogP contribution in [0.1, 0.15) is 113 Å². The van der Waals surface area contributed by atoms with Crippen LogP contribution in [0.25, 0.3) is 0 Å². The number of carboxylic acid groups (broad SMARTS) is 1. The van der Waals surface area contributed by atoms with Gasteiger partial charge in [-0.1, -0.05) is 48.5 Å². The number of fused-ring (bicyclic) bond motifs is 7. The molecule has 0 amide bonds. The Morgan fingerprint density at radius 1 is 0.706 bits per heavy atom. The standard InChI is InChI=1S/C30H50O4/c1-25(2)14-16-30(24(33)34)17-15-28(6)18(22(30)23(25)32)8-9-20-27(5)12-11-21(31)26(3,4)19(27)10-13-29(20,28)7/h18-23,31-32H,8-17H2,1-7H3,(H,33,34)/t18-,19+,20-,21+,22+,23+,27+,28-,29-,30+/m1/s1. The van der Waals surface area contributed by atoms with E-state index in [0.717, 1.165) is 51.4 Å². The first-order valence-corrected chi connectivity index (χ1v) is 14.2. The van der Waals surface area contributed by atoms with Crippen molar-refractivity contribution in [2.45, 2.75) is 125 Å². The molecule has 4 heteroatoms. The molecule has 4 nitrogen and oxygen atoms in total. The summed E-state index contributed by atoms with van der Waals surface area (Å²) in [6.07, 6.45) is 8.87. The van der Waals surface area contributed by atoms with E-state index in [-0.39, 0.29) is 45.0 Å². The lowest BCUT2D eigenvalue weighted by Gasteiger charge is -2.73. The van der Waals surface area contributed by atoms with Crippen LogP contribution in [0.2, 0.25) is 0 Å². The normalized spacial score (nSPS) is 55.8. The molecule has 0 unspecified atom stereocenters. The van der Waals surface area contributed by atoms with Gasteiger partial charge in [-0.25, -0.2) is 0 Å². The van der Waals surface area contributed by atoms with E-state index in [1.165, 1.54) is 0 Å². The van der Waals surface area contributed by atoms with Gasteiger partial charge in [0.15, 0.2) is 0 Å². The van der Waals surface area contributed by atoms with Crippen LogP contribution in [0.3, 0.4) is 0 Å². The van der Waals surface area contributed by atoms with Crippen molar-refractivity contribution in [2.75, 3.05) is 0 Å². The zero-order valence-corrected chi connectivity index (χ0v) is 22.8. The summed E-state index contributed by atoms with van der Waals surface area (Å²) in [4.78, 5) is 12.8. The summed E-state index contributed by atoms with van der Waals surface area (Å²) in [7, 11) is 0. The zero-order chi connectivity index (χ0) is 25.1. The van der Waals surface area contributed by atoms with Crippen molar-refractivity contribution in [3.05, 3.63) is 0 Å². The first-order valence-electron chi connectivity index (χ1n) is 14.2. The number of hydrogen-bond donors (Lipinski definition) is 3. The Kier molecular flexibility index (Phi) is 5.34. The third-order valence-electron chi connectivity index (χ3n) is 13.9. The summed E-state index contributed by atoms with van der Waals surface area (Å²) in [5, 5.41) is 33.1. The lowest BCUT2D eigenvalue weighted by molar-refractivity contribution is -0.268. The largest absolute Gasteiger partial charge is 0.481 e. The van der Waals surface area contributed by atoms with Gasteiger partial charge in [-0.3, -0.25) is 4.79 Å². The molecule has 5 aliphatic rings. The highest BCUT2D eigenvalue weighted by Crippen LogP contribution is 2.77. The molecule has 34 heavy (non-hydrogen) atoms. The molecule has 0 saturated heterocycles. The molecule has 194 valence electrons. The van der Waals surface area contributed by atoms with Crippen LogP contribution in [0, 0.1) is 56.2 Å². The fourth-order valence-electron chi connectivity index (χ4n) is 11.4. The van der Waals surface area contributed by atoms with Crippen molar-refractivity contribution < 1.29 is 20.1 Å². The van der Waals surface area contributed by atoms with Crippen LogP contribution in [0.4, 0.5) is 0 Å². The predicted molar refractivity (Wildman–Crippen MR) is 134 cm³/mol. The highest BCUT2D eigenvalue weighted by molar-refractivity contribution is 5.76. The molecule has 0 spiro atoms. The first-order chi connectivity index (χ1) is 15.6. The lowest BCUT2D eigenvalue weighted by atomic mass is 9.31. The van der Waals surface area contributed by atoms with Crippen LogP contribution in [-0.4, -0.2) is 33.5 Å². The average molecular weight is 475 g/mol. The highest BCUT2D eigenvalue weighted by atomic mass is 16.4. The van der Waals surface area contributed by atoms with Gasteiger partial charge in [0.1, 0.15) is 0 Å². The van der Waals surface area contributed by atoms with Gasteiger partial charge in [0.2, 0.25) is 0 Å². The average Bonchev–Trinajstić information content (AvgIpc) is 2.74. The Bertz CT molecular complexity index is 864. The second-order valence-corrected chi connectivity index (χ2v) is 15.5. The van der Waals surface area contributed by atoms with Crippen LogP contribution in [0.5, 0.6) is 0 Å². The third kappa shape index (κ3) is 2.82. The van der Waals surface area contributed by atoms with Crippen LogP contribution < -0.4 is 0 Å². The molecule has 5 aliphatic carbocycles. The SMILES string of the molecule is CC1(C)CC[C@]2(C(=O)O)CC[C@]3(C)[C@H](CC[C@@H]4[C@@]5(C)CC[C@H](O)C(C)(C)[C@@H]5CC[C@]43C)[C@H]2[C@@H]1O. The Morgan fingerprint density at radius 3 is 2.00 bits per heavy atom. The molecule has 0 heterocycles. The number of hydrogen-bond acceptors (Lipinski definition) is 3. The maximum Gasteiger partial charge on any atom is 0.310 e. The maximum atomic E-state index is 12.8. The van der Waals surface area contributed by atoms with E-state index in [2.05, 4.69) is 48.5 Å². The molecule has 0 aromatic rings. The smallest absolute Gasteiger partial charge is 0.310 e. The number of rotatable bonds is 1. The maximum absolute atomic E-state index is 12.8. The lowest BCUT2D eigenvalue weighted by Crippen LogP contribution is -2.69. The van der Waals surface area contributed by atoms with E-state index >= 15 is 0 Å². The van der Waals surface area contributed by atoms with Gasteiger partial charge in [-0.15, -0.1) is 0 Å². The summed E-state index contributed by atoms with van der Waals surface area (Å²) in [5.74, 6) is 0.566. The molecule has 5 fully saturated rings. The quantitative estimate of drug-likeness (QED) is 0.418. The van der Waals surface area contributed by atoms with Crippen molar-refractivity contribution >= 4 is 5.97 Å². The summed E-state index contributed by atoms with van der Waals surface area (Å²) in [6, 6.07) is 0. The monoisotopic (exact) mass is 474 g/mol.